The summed E-state index contributed by atoms with van der Waals surface area (Å²) in [5.41, 5.74) is -3.57. The van der Waals surface area contributed by atoms with Crippen molar-refractivity contribution in [3.63, 3.8) is 0 Å². The molecule has 8 heteroatoms. The van der Waals surface area contributed by atoms with Gasteiger partial charge >= 0.3 is 11.9 Å². The van der Waals surface area contributed by atoms with Gasteiger partial charge in [-0.2, -0.15) is 0 Å². The van der Waals surface area contributed by atoms with Crippen LogP contribution in [0.4, 0.5) is 0 Å². The first kappa shape index (κ1) is 37.8. The van der Waals surface area contributed by atoms with Crippen LogP contribution >= 0.6 is 0 Å². The third-order valence-electron chi connectivity index (χ3n) is 7.80. The molecular formula is C31H60O8. The van der Waals surface area contributed by atoms with Crippen molar-refractivity contribution >= 4 is 11.9 Å². The molecule has 0 aliphatic heterocycles. The highest BCUT2D eigenvalue weighted by Crippen LogP contribution is 2.39. The lowest BCUT2D eigenvalue weighted by molar-refractivity contribution is -0.208. The summed E-state index contributed by atoms with van der Waals surface area (Å²) in [6.07, 6.45) is 1.27. The van der Waals surface area contributed by atoms with E-state index < -0.39 is 28.2 Å². The fourth-order valence-electron chi connectivity index (χ4n) is 4.03. The minimum atomic E-state index is -1.17. The Morgan fingerprint density at radius 2 is 1.15 bits per heavy atom. The number of carbonyl (C=O) groups is 2. The van der Waals surface area contributed by atoms with Crippen LogP contribution in [0.2, 0.25) is 0 Å². The Morgan fingerprint density at radius 3 is 1.62 bits per heavy atom. The predicted molar refractivity (Wildman–Crippen MR) is 155 cm³/mol. The number of ether oxygens (including phenoxy) is 6. The van der Waals surface area contributed by atoms with Crippen molar-refractivity contribution in [1.29, 1.82) is 0 Å². The summed E-state index contributed by atoms with van der Waals surface area (Å²) >= 11 is 0. The van der Waals surface area contributed by atoms with Gasteiger partial charge in [0, 0.05) is 5.92 Å². The van der Waals surface area contributed by atoms with Gasteiger partial charge in [-0.3, -0.25) is 4.79 Å². The first-order chi connectivity index (χ1) is 17.6. The van der Waals surface area contributed by atoms with Crippen LogP contribution < -0.4 is 0 Å². The third kappa shape index (κ3) is 12.0. The van der Waals surface area contributed by atoms with E-state index in [4.69, 9.17) is 28.4 Å². The van der Waals surface area contributed by atoms with Crippen molar-refractivity contribution in [2.45, 2.75) is 158 Å². The van der Waals surface area contributed by atoms with Crippen molar-refractivity contribution < 1.29 is 38.0 Å². The lowest BCUT2D eigenvalue weighted by Gasteiger charge is -2.44. The Hall–Kier alpha value is -1.22. The molecule has 0 N–H and O–H groups in total. The van der Waals surface area contributed by atoms with Gasteiger partial charge in [0.15, 0.2) is 5.60 Å². The Kier molecular flexibility index (Phi) is 15.2. The summed E-state index contributed by atoms with van der Waals surface area (Å²) in [5.74, 6) is -0.875. The Labute approximate surface area is 239 Å². The Bertz CT molecular complexity index is 745. The van der Waals surface area contributed by atoms with E-state index in [1.807, 2.05) is 90.0 Å². The monoisotopic (exact) mass is 560 g/mol. The molecule has 0 aliphatic rings. The van der Waals surface area contributed by atoms with Crippen LogP contribution in [-0.2, 0) is 38.0 Å². The van der Waals surface area contributed by atoms with Crippen LogP contribution in [0, 0.1) is 11.3 Å². The Balaban J connectivity index is 5.20. The number of carbonyl (C=O) groups excluding carboxylic acids is 2. The second-order valence-corrected chi connectivity index (χ2v) is 13.0. The van der Waals surface area contributed by atoms with Crippen molar-refractivity contribution in [2.75, 3.05) is 19.8 Å². The summed E-state index contributed by atoms with van der Waals surface area (Å²) in [5, 5.41) is 0. The molecule has 8 nitrogen and oxygen atoms in total. The molecule has 232 valence electrons. The van der Waals surface area contributed by atoms with Gasteiger partial charge in [0.05, 0.1) is 47.6 Å². The maximum atomic E-state index is 13.1. The molecule has 0 aromatic rings. The Morgan fingerprint density at radius 1 is 0.667 bits per heavy atom. The average Bonchev–Trinajstić information content (AvgIpc) is 2.82. The molecule has 0 rings (SSSR count). The predicted octanol–water partition coefficient (Wildman–Crippen LogP) is 6.51. The fourth-order valence-corrected chi connectivity index (χ4v) is 4.03. The molecule has 0 aliphatic carbocycles. The van der Waals surface area contributed by atoms with Gasteiger partial charge in [-0.1, -0.05) is 20.8 Å². The normalized spacial score (nSPS) is 17.7. The van der Waals surface area contributed by atoms with E-state index in [0.29, 0.717) is 13.0 Å². The van der Waals surface area contributed by atoms with E-state index in [1.165, 1.54) is 0 Å². The number of esters is 2. The average molecular weight is 561 g/mol. The van der Waals surface area contributed by atoms with Crippen molar-refractivity contribution in [1.82, 2.24) is 0 Å². The van der Waals surface area contributed by atoms with Crippen molar-refractivity contribution in [2.24, 2.45) is 11.3 Å². The molecule has 0 radical (unpaired) electrons. The number of hydrogen-bond acceptors (Lipinski definition) is 8. The minimum Gasteiger partial charge on any atom is -0.462 e. The molecule has 0 fully saturated rings. The van der Waals surface area contributed by atoms with Gasteiger partial charge in [0.2, 0.25) is 0 Å². The van der Waals surface area contributed by atoms with Crippen LogP contribution in [0.15, 0.2) is 0 Å². The molecule has 0 aromatic carbocycles. The molecule has 0 saturated heterocycles. The molecule has 0 aromatic heterocycles. The van der Waals surface area contributed by atoms with Crippen LogP contribution in [0.1, 0.15) is 117 Å². The van der Waals surface area contributed by atoms with E-state index in [2.05, 4.69) is 0 Å². The quantitative estimate of drug-likeness (QED) is 0.165. The van der Waals surface area contributed by atoms with Gasteiger partial charge in [0.25, 0.3) is 0 Å². The van der Waals surface area contributed by atoms with Crippen LogP contribution in [0.3, 0.4) is 0 Å². The van der Waals surface area contributed by atoms with Crippen molar-refractivity contribution in [3.8, 4) is 0 Å². The largest absolute Gasteiger partial charge is 0.462 e. The van der Waals surface area contributed by atoms with Crippen LogP contribution in [-0.4, -0.2) is 73.0 Å². The van der Waals surface area contributed by atoms with Gasteiger partial charge in [-0.15, -0.1) is 0 Å². The SMILES string of the molecule is CCC(C)OC(C)COC(=O)C(C)(C)OC(C)(C)C(C)COC(C)(CC)C(C)(C)C(=O)OCC(C)OC(C)C. The van der Waals surface area contributed by atoms with E-state index in [0.717, 1.165) is 6.42 Å². The lowest BCUT2D eigenvalue weighted by Crippen LogP contribution is -2.52. The van der Waals surface area contributed by atoms with E-state index in [1.54, 1.807) is 13.8 Å². The highest BCUT2D eigenvalue weighted by Gasteiger charge is 2.49. The summed E-state index contributed by atoms with van der Waals surface area (Å²) in [6.45, 7) is 29.3. The topological polar surface area (TPSA) is 89.5 Å². The molecule has 5 atom stereocenters. The molecule has 0 bridgehead atoms. The fraction of sp³-hybridized carbons (Fsp3) is 0.935. The number of hydrogen-bond donors (Lipinski definition) is 0. The molecular weight excluding hydrogens is 500 g/mol. The summed E-state index contributed by atoms with van der Waals surface area (Å²) in [4.78, 5) is 26.0. The number of rotatable bonds is 19. The highest BCUT2D eigenvalue weighted by atomic mass is 16.6. The van der Waals surface area contributed by atoms with Gasteiger partial charge in [0.1, 0.15) is 13.2 Å². The zero-order chi connectivity index (χ0) is 30.8. The van der Waals surface area contributed by atoms with Gasteiger partial charge in [-0.05, 0) is 95.9 Å². The first-order valence-electron chi connectivity index (χ1n) is 14.6. The van der Waals surface area contributed by atoms with Crippen molar-refractivity contribution in [3.05, 3.63) is 0 Å². The smallest absolute Gasteiger partial charge is 0.337 e. The zero-order valence-electron chi connectivity index (χ0n) is 27.7. The van der Waals surface area contributed by atoms with Crippen LogP contribution in [0.25, 0.3) is 0 Å². The standard InChI is InChI=1S/C31H60O8/c1-16-23(6)38-25(8)20-35-27(33)30(13,14)39-29(11,12)22(5)18-36-31(15,17-2)28(9,10)26(32)34-19-24(7)37-21(3)4/h21-25H,16-20H2,1-15H3. The molecule has 0 heterocycles. The maximum Gasteiger partial charge on any atom is 0.337 e. The zero-order valence-corrected chi connectivity index (χ0v) is 27.7. The third-order valence-corrected chi connectivity index (χ3v) is 7.80. The highest BCUT2D eigenvalue weighted by molar-refractivity contribution is 5.78. The second-order valence-electron chi connectivity index (χ2n) is 13.0. The molecule has 39 heavy (non-hydrogen) atoms. The summed E-state index contributed by atoms with van der Waals surface area (Å²) in [6, 6.07) is 0. The molecule has 0 saturated carbocycles. The molecule has 0 spiro atoms. The maximum absolute atomic E-state index is 13.1. The van der Waals surface area contributed by atoms with E-state index in [9.17, 15) is 9.59 Å². The molecule has 0 amide bonds. The first-order valence-corrected chi connectivity index (χ1v) is 14.6. The van der Waals surface area contributed by atoms with Crippen LogP contribution in [0.5, 0.6) is 0 Å². The van der Waals surface area contributed by atoms with Gasteiger partial charge < -0.3 is 28.4 Å². The van der Waals surface area contributed by atoms with E-state index >= 15 is 0 Å². The minimum absolute atomic E-state index is 0.0574. The van der Waals surface area contributed by atoms with Gasteiger partial charge in [-0.25, -0.2) is 4.79 Å². The van der Waals surface area contributed by atoms with E-state index in [-0.39, 0.29) is 49.5 Å². The summed E-state index contributed by atoms with van der Waals surface area (Å²) in [7, 11) is 0. The second kappa shape index (κ2) is 15.7. The molecule has 5 unspecified atom stereocenters. The summed E-state index contributed by atoms with van der Waals surface area (Å²) < 4.78 is 35.4. The lowest BCUT2D eigenvalue weighted by atomic mass is 9.74.